The summed E-state index contributed by atoms with van der Waals surface area (Å²) in [5.41, 5.74) is 1.84. The Balaban J connectivity index is 1.82. The number of carbonyl (C=O) groups is 3. The van der Waals surface area contributed by atoms with Gasteiger partial charge in [0.2, 0.25) is 0 Å². The van der Waals surface area contributed by atoms with Crippen molar-refractivity contribution in [3.8, 4) is 0 Å². The van der Waals surface area contributed by atoms with Gasteiger partial charge in [-0.05, 0) is 49.1 Å². The van der Waals surface area contributed by atoms with Crippen molar-refractivity contribution in [1.82, 2.24) is 0 Å². The average molecular weight is 369 g/mol. The molecule has 0 aliphatic heterocycles. The molecule has 0 fully saturated rings. The number of ether oxygens (including phenoxy) is 1. The second-order valence-corrected chi connectivity index (χ2v) is 6.28. The fourth-order valence-electron chi connectivity index (χ4n) is 2.08. The van der Waals surface area contributed by atoms with Crippen LogP contribution in [0.3, 0.4) is 0 Å². The molecule has 0 saturated heterocycles. The Morgan fingerprint density at radius 1 is 1.12 bits per heavy atom. The molecule has 2 rings (SSSR count). The minimum Gasteiger partial charge on any atom is -0.452 e. The van der Waals surface area contributed by atoms with Gasteiger partial charge in [0.25, 0.3) is 5.91 Å². The van der Waals surface area contributed by atoms with Crippen molar-refractivity contribution in [3.05, 3.63) is 65.7 Å². The first-order valence-electron chi connectivity index (χ1n) is 7.87. The van der Waals surface area contributed by atoms with E-state index in [0.29, 0.717) is 11.3 Å². The molecule has 0 aliphatic rings. The molecule has 0 saturated carbocycles. The Labute approximate surface area is 156 Å². The van der Waals surface area contributed by atoms with Gasteiger partial charge >= 0.3 is 5.97 Å². The van der Waals surface area contributed by atoms with E-state index < -0.39 is 18.5 Å². The average Bonchev–Trinajstić information content (AvgIpc) is 2.65. The quantitative estimate of drug-likeness (QED) is 0.348. The highest BCUT2D eigenvalue weighted by atomic mass is 32.2. The Kier molecular flexibility index (Phi) is 7.17. The summed E-state index contributed by atoms with van der Waals surface area (Å²) in [6.07, 6.45) is 4.89. The highest BCUT2D eigenvalue weighted by molar-refractivity contribution is 7.98. The number of carbonyl (C=O) groups excluding carboxylic acids is 3. The zero-order valence-corrected chi connectivity index (χ0v) is 15.3. The largest absolute Gasteiger partial charge is 0.452 e. The topological polar surface area (TPSA) is 72.5 Å². The number of benzene rings is 2. The minimum atomic E-state index is -0.605. The zero-order chi connectivity index (χ0) is 18.9. The number of anilines is 1. The van der Waals surface area contributed by atoms with E-state index in [1.54, 1.807) is 42.1 Å². The number of nitrogens with one attached hydrogen (secondary N) is 1. The third-order valence-electron chi connectivity index (χ3n) is 3.43. The van der Waals surface area contributed by atoms with Crippen LogP contribution in [-0.4, -0.2) is 30.5 Å². The summed E-state index contributed by atoms with van der Waals surface area (Å²) >= 11 is 1.64. The number of rotatable bonds is 7. The maximum absolute atomic E-state index is 11.8. The van der Waals surface area contributed by atoms with Crippen LogP contribution < -0.4 is 5.32 Å². The molecule has 134 valence electrons. The first-order chi connectivity index (χ1) is 12.5. The highest BCUT2D eigenvalue weighted by Crippen LogP contribution is 2.15. The van der Waals surface area contributed by atoms with Gasteiger partial charge < -0.3 is 10.1 Å². The summed E-state index contributed by atoms with van der Waals surface area (Å²) in [5.74, 6) is -1.17. The number of esters is 1. The van der Waals surface area contributed by atoms with Crippen LogP contribution in [0.25, 0.3) is 6.08 Å². The van der Waals surface area contributed by atoms with Crippen molar-refractivity contribution in [3.63, 3.8) is 0 Å². The first kappa shape index (κ1) is 19.5. The standard InChI is InChI=1S/C20H19NO4S/c1-14(22)16-4-3-5-17(12-16)21-19(23)13-25-20(24)11-8-15-6-9-18(26-2)10-7-15/h3-12H,13H2,1-2H3,(H,21,23)/b11-8+. The number of Topliss-reactive ketones (excluding diaryl/α,β-unsaturated/α-hetero) is 1. The zero-order valence-electron chi connectivity index (χ0n) is 14.5. The molecule has 0 spiro atoms. The van der Waals surface area contributed by atoms with Gasteiger partial charge in [0.1, 0.15) is 0 Å². The first-order valence-corrected chi connectivity index (χ1v) is 9.10. The van der Waals surface area contributed by atoms with Gasteiger partial charge in [-0.1, -0.05) is 24.3 Å². The van der Waals surface area contributed by atoms with E-state index in [2.05, 4.69) is 5.32 Å². The van der Waals surface area contributed by atoms with Crippen molar-refractivity contribution >= 4 is 41.2 Å². The molecule has 26 heavy (non-hydrogen) atoms. The van der Waals surface area contributed by atoms with Crippen LogP contribution in [0.1, 0.15) is 22.8 Å². The molecular formula is C20H19NO4S. The van der Waals surface area contributed by atoms with E-state index in [1.807, 2.05) is 30.5 Å². The number of hydrogen-bond acceptors (Lipinski definition) is 5. The molecule has 1 N–H and O–H groups in total. The van der Waals surface area contributed by atoms with E-state index in [1.165, 1.54) is 13.0 Å². The lowest BCUT2D eigenvalue weighted by atomic mass is 10.1. The molecule has 0 atom stereocenters. The molecule has 2 aromatic carbocycles. The third kappa shape index (κ3) is 6.22. The molecule has 2 aromatic rings. The molecule has 0 aromatic heterocycles. The molecular weight excluding hydrogens is 350 g/mol. The van der Waals surface area contributed by atoms with Gasteiger partial charge in [0.15, 0.2) is 12.4 Å². The summed E-state index contributed by atoms with van der Waals surface area (Å²) < 4.78 is 4.91. The van der Waals surface area contributed by atoms with Crippen LogP contribution in [0.4, 0.5) is 5.69 Å². The summed E-state index contributed by atoms with van der Waals surface area (Å²) in [6, 6.07) is 14.3. The van der Waals surface area contributed by atoms with Crippen LogP contribution >= 0.6 is 11.8 Å². The summed E-state index contributed by atoms with van der Waals surface area (Å²) in [6.45, 7) is 1.04. The van der Waals surface area contributed by atoms with Crippen LogP contribution in [-0.2, 0) is 14.3 Å². The normalized spacial score (nSPS) is 10.5. The van der Waals surface area contributed by atoms with Gasteiger partial charge in [-0.15, -0.1) is 11.8 Å². The van der Waals surface area contributed by atoms with Crippen molar-refractivity contribution in [2.75, 3.05) is 18.2 Å². The van der Waals surface area contributed by atoms with E-state index >= 15 is 0 Å². The van der Waals surface area contributed by atoms with Crippen LogP contribution in [0, 0.1) is 0 Å². The highest BCUT2D eigenvalue weighted by Gasteiger charge is 2.07. The van der Waals surface area contributed by atoms with Crippen molar-refractivity contribution in [2.24, 2.45) is 0 Å². The lowest BCUT2D eigenvalue weighted by molar-refractivity contribution is -0.142. The summed E-state index contributed by atoms with van der Waals surface area (Å²) in [4.78, 5) is 36.0. The Morgan fingerprint density at radius 2 is 1.85 bits per heavy atom. The molecule has 0 bridgehead atoms. The van der Waals surface area contributed by atoms with E-state index in [9.17, 15) is 14.4 Å². The fourth-order valence-corrected chi connectivity index (χ4v) is 2.49. The van der Waals surface area contributed by atoms with Crippen molar-refractivity contribution < 1.29 is 19.1 Å². The SMILES string of the molecule is CSc1ccc(/C=C/C(=O)OCC(=O)Nc2cccc(C(C)=O)c2)cc1. The summed E-state index contributed by atoms with van der Waals surface area (Å²) in [5, 5.41) is 2.58. The van der Waals surface area contributed by atoms with Gasteiger partial charge in [-0.25, -0.2) is 4.79 Å². The Bertz CT molecular complexity index is 828. The Hall–Kier alpha value is -2.86. The molecule has 0 aliphatic carbocycles. The third-order valence-corrected chi connectivity index (χ3v) is 4.17. The lowest BCUT2D eigenvalue weighted by Gasteiger charge is -2.06. The second kappa shape index (κ2) is 9.58. The lowest BCUT2D eigenvalue weighted by Crippen LogP contribution is -2.20. The number of amides is 1. The monoisotopic (exact) mass is 369 g/mol. The summed E-state index contributed by atoms with van der Waals surface area (Å²) in [7, 11) is 0. The number of hydrogen-bond donors (Lipinski definition) is 1. The minimum absolute atomic E-state index is 0.0942. The smallest absolute Gasteiger partial charge is 0.331 e. The fraction of sp³-hybridized carbons (Fsp3) is 0.150. The Morgan fingerprint density at radius 3 is 2.50 bits per heavy atom. The molecule has 0 heterocycles. The second-order valence-electron chi connectivity index (χ2n) is 5.40. The van der Waals surface area contributed by atoms with Crippen molar-refractivity contribution in [2.45, 2.75) is 11.8 Å². The van der Waals surface area contributed by atoms with E-state index in [4.69, 9.17) is 4.74 Å². The maximum atomic E-state index is 11.8. The van der Waals surface area contributed by atoms with E-state index in [0.717, 1.165) is 10.5 Å². The molecule has 5 nitrogen and oxygen atoms in total. The number of thioether (sulfide) groups is 1. The van der Waals surface area contributed by atoms with Gasteiger partial charge in [0.05, 0.1) is 0 Å². The predicted molar refractivity (Wildman–Crippen MR) is 103 cm³/mol. The van der Waals surface area contributed by atoms with Crippen LogP contribution in [0.2, 0.25) is 0 Å². The molecule has 0 unspecified atom stereocenters. The van der Waals surface area contributed by atoms with E-state index in [-0.39, 0.29) is 5.78 Å². The molecule has 1 amide bonds. The molecule has 6 heteroatoms. The van der Waals surface area contributed by atoms with Crippen LogP contribution in [0.15, 0.2) is 59.5 Å². The molecule has 0 radical (unpaired) electrons. The van der Waals surface area contributed by atoms with Gasteiger partial charge in [-0.3, -0.25) is 9.59 Å². The number of ketones is 1. The van der Waals surface area contributed by atoms with Crippen LogP contribution in [0.5, 0.6) is 0 Å². The van der Waals surface area contributed by atoms with Gasteiger partial charge in [-0.2, -0.15) is 0 Å². The van der Waals surface area contributed by atoms with Crippen molar-refractivity contribution in [1.29, 1.82) is 0 Å². The van der Waals surface area contributed by atoms with Gasteiger partial charge in [0, 0.05) is 22.2 Å². The predicted octanol–water partition coefficient (Wildman–Crippen LogP) is 3.81. The maximum Gasteiger partial charge on any atom is 0.331 e.